The Hall–Kier alpha value is -1.15. The highest BCUT2D eigenvalue weighted by atomic mass is 79.9. The van der Waals surface area contributed by atoms with Crippen molar-refractivity contribution >= 4 is 37.8 Å². The molecule has 0 aliphatic carbocycles. The fraction of sp³-hybridized carbons (Fsp3) is 0.222. The third-order valence-electron chi connectivity index (χ3n) is 2.07. The first kappa shape index (κ1) is 12.3. The van der Waals surface area contributed by atoms with Crippen molar-refractivity contribution in [1.82, 2.24) is 20.6 Å². The van der Waals surface area contributed by atoms with Crippen LogP contribution in [-0.2, 0) is 6.54 Å². The molecule has 2 rings (SSSR count). The first-order chi connectivity index (χ1) is 8.20. The third kappa shape index (κ3) is 2.95. The summed E-state index contributed by atoms with van der Waals surface area (Å²) in [5, 5.41) is 16.5. The van der Waals surface area contributed by atoms with Crippen LogP contribution in [-0.4, -0.2) is 27.7 Å². The molecule has 0 spiro atoms. The Morgan fingerprint density at radius 2 is 2.24 bits per heavy atom. The van der Waals surface area contributed by atoms with Crippen LogP contribution in [0.25, 0.3) is 0 Å². The maximum atomic E-state index is 5.33. The molecule has 2 aromatic rings. The topological polar surface area (TPSA) is 75.7 Å². The standard InChI is InChI=1S/C9H9Br2N5O/c1-17-8-5(2-6(10)3-7(8)11)4-12-9-13-15-16-14-9/h2-3H,4H2,1H3,(H2,12,13,14,15,16). The van der Waals surface area contributed by atoms with Gasteiger partial charge in [0.05, 0.1) is 11.6 Å². The lowest BCUT2D eigenvalue weighted by Gasteiger charge is -2.11. The van der Waals surface area contributed by atoms with Gasteiger partial charge in [-0.1, -0.05) is 21.0 Å². The van der Waals surface area contributed by atoms with Gasteiger partial charge in [-0.2, -0.15) is 5.21 Å². The Bertz CT molecular complexity index is 502. The molecule has 0 saturated heterocycles. The second-order valence-corrected chi connectivity index (χ2v) is 4.94. The maximum absolute atomic E-state index is 5.33. The van der Waals surface area contributed by atoms with Gasteiger partial charge in [0.25, 0.3) is 5.95 Å². The summed E-state index contributed by atoms with van der Waals surface area (Å²) in [7, 11) is 1.63. The molecular formula is C9H9Br2N5O. The zero-order valence-corrected chi connectivity index (χ0v) is 12.0. The fourth-order valence-corrected chi connectivity index (χ4v) is 2.86. The van der Waals surface area contributed by atoms with Crippen LogP contribution in [0.4, 0.5) is 5.95 Å². The monoisotopic (exact) mass is 361 g/mol. The predicted molar refractivity (Wildman–Crippen MR) is 69.9 cm³/mol. The van der Waals surface area contributed by atoms with E-state index >= 15 is 0 Å². The van der Waals surface area contributed by atoms with Crippen molar-refractivity contribution < 1.29 is 4.74 Å². The van der Waals surface area contributed by atoms with Gasteiger partial charge in [-0.15, -0.1) is 5.10 Å². The van der Waals surface area contributed by atoms with Gasteiger partial charge in [0.1, 0.15) is 5.75 Å². The van der Waals surface area contributed by atoms with Crippen molar-refractivity contribution in [3.05, 3.63) is 26.6 Å². The minimum absolute atomic E-state index is 0.447. The van der Waals surface area contributed by atoms with Crippen LogP contribution in [0.5, 0.6) is 5.75 Å². The second kappa shape index (κ2) is 5.46. The van der Waals surface area contributed by atoms with E-state index in [1.807, 2.05) is 12.1 Å². The van der Waals surface area contributed by atoms with E-state index in [1.54, 1.807) is 7.11 Å². The Morgan fingerprint density at radius 3 is 2.88 bits per heavy atom. The quantitative estimate of drug-likeness (QED) is 0.873. The summed E-state index contributed by atoms with van der Waals surface area (Å²) in [5.41, 5.74) is 0.985. The van der Waals surface area contributed by atoms with Crippen molar-refractivity contribution in [2.45, 2.75) is 6.54 Å². The number of hydrogen-bond acceptors (Lipinski definition) is 5. The molecule has 0 radical (unpaired) electrons. The minimum Gasteiger partial charge on any atom is -0.495 e. The highest BCUT2D eigenvalue weighted by Gasteiger charge is 2.09. The molecule has 0 amide bonds. The Morgan fingerprint density at radius 1 is 1.41 bits per heavy atom. The molecule has 0 unspecified atom stereocenters. The molecule has 2 N–H and O–H groups in total. The smallest absolute Gasteiger partial charge is 0.263 e. The van der Waals surface area contributed by atoms with E-state index in [2.05, 4.69) is 57.8 Å². The first-order valence-corrected chi connectivity index (χ1v) is 6.28. The molecule has 1 aromatic heterocycles. The van der Waals surface area contributed by atoms with Gasteiger partial charge >= 0.3 is 0 Å². The molecular weight excluding hydrogens is 354 g/mol. The number of halogens is 2. The van der Waals surface area contributed by atoms with Gasteiger partial charge in [0.2, 0.25) is 0 Å². The number of hydrogen-bond donors (Lipinski definition) is 2. The van der Waals surface area contributed by atoms with E-state index < -0.39 is 0 Å². The van der Waals surface area contributed by atoms with E-state index in [0.717, 1.165) is 20.3 Å². The van der Waals surface area contributed by atoms with Crippen molar-refractivity contribution in [1.29, 1.82) is 0 Å². The number of aromatic amines is 1. The van der Waals surface area contributed by atoms with E-state index in [-0.39, 0.29) is 0 Å². The van der Waals surface area contributed by atoms with Gasteiger partial charge < -0.3 is 10.1 Å². The van der Waals surface area contributed by atoms with Gasteiger partial charge in [-0.25, -0.2) is 0 Å². The van der Waals surface area contributed by atoms with Crippen LogP contribution in [0, 0.1) is 0 Å². The summed E-state index contributed by atoms with van der Waals surface area (Å²) in [6, 6.07) is 3.90. The SMILES string of the molecule is COc1c(Br)cc(Br)cc1CNc1nn[nH]n1. The normalized spacial score (nSPS) is 10.3. The summed E-state index contributed by atoms with van der Waals surface area (Å²) in [4.78, 5) is 0. The van der Waals surface area contributed by atoms with Crippen LogP contribution in [0.1, 0.15) is 5.56 Å². The number of benzene rings is 1. The molecule has 0 bridgehead atoms. The molecule has 1 heterocycles. The van der Waals surface area contributed by atoms with E-state index in [0.29, 0.717) is 12.5 Å². The van der Waals surface area contributed by atoms with Gasteiger partial charge in [-0.3, -0.25) is 0 Å². The minimum atomic E-state index is 0.447. The number of nitrogens with zero attached hydrogens (tertiary/aromatic N) is 3. The average molecular weight is 363 g/mol. The number of tetrazole rings is 1. The molecule has 17 heavy (non-hydrogen) atoms. The lowest BCUT2D eigenvalue weighted by atomic mass is 10.2. The number of ether oxygens (including phenoxy) is 1. The third-order valence-corrected chi connectivity index (χ3v) is 3.12. The fourth-order valence-electron chi connectivity index (χ4n) is 1.38. The highest BCUT2D eigenvalue weighted by molar-refractivity contribution is 9.11. The van der Waals surface area contributed by atoms with Crippen molar-refractivity contribution in [2.75, 3.05) is 12.4 Å². The second-order valence-electron chi connectivity index (χ2n) is 3.17. The molecule has 0 aliphatic rings. The van der Waals surface area contributed by atoms with Crippen molar-refractivity contribution in [3.8, 4) is 5.75 Å². The van der Waals surface area contributed by atoms with Crippen LogP contribution < -0.4 is 10.1 Å². The summed E-state index contributed by atoms with van der Waals surface area (Å²) in [6.45, 7) is 0.542. The van der Waals surface area contributed by atoms with Gasteiger partial charge in [-0.05, 0) is 33.3 Å². The Balaban J connectivity index is 2.19. The van der Waals surface area contributed by atoms with Crippen LogP contribution in [0.15, 0.2) is 21.1 Å². The van der Waals surface area contributed by atoms with E-state index in [9.17, 15) is 0 Å². The highest BCUT2D eigenvalue weighted by Crippen LogP contribution is 2.32. The van der Waals surface area contributed by atoms with Crippen molar-refractivity contribution in [3.63, 3.8) is 0 Å². The molecule has 1 aromatic carbocycles. The number of H-pyrrole nitrogens is 1. The molecule has 8 heteroatoms. The average Bonchev–Trinajstić information content (AvgIpc) is 2.78. The predicted octanol–water partition coefficient (Wildman–Crippen LogP) is 2.35. The lowest BCUT2D eigenvalue weighted by Crippen LogP contribution is -2.03. The summed E-state index contributed by atoms with van der Waals surface area (Å²) in [6.07, 6.45) is 0. The van der Waals surface area contributed by atoms with Crippen LogP contribution in [0.3, 0.4) is 0 Å². The molecule has 6 nitrogen and oxygen atoms in total. The number of aromatic nitrogens is 4. The molecule has 0 atom stereocenters. The molecule has 0 saturated carbocycles. The van der Waals surface area contributed by atoms with Crippen molar-refractivity contribution in [2.24, 2.45) is 0 Å². The summed E-state index contributed by atoms with van der Waals surface area (Å²) < 4.78 is 7.18. The van der Waals surface area contributed by atoms with Gasteiger partial charge in [0.15, 0.2) is 0 Å². The van der Waals surface area contributed by atoms with E-state index in [4.69, 9.17) is 4.74 Å². The summed E-state index contributed by atoms with van der Waals surface area (Å²) >= 11 is 6.88. The zero-order valence-electron chi connectivity index (χ0n) is 8.87. The molecule has 0 fully saturated rings. The van der Waals surface area contributed by atoms with Crippen LogP contribution in [0.2, 0.25) is 0 Å². The number of anilines is 1. The summed E-state index contributed by atoms with van der Waals surface area (Å²) in [5.74, 6) is 1.23. The number of nitrogens with one attached hydrogen (secondary N) is 2. The lowest BCUT2D eigenvalue weighted by molar-refractivity contribution is 0.407. The Labute approximate surface area is 114 Å². The largest absolute Gasteiger partial charge is 0.495 e. The maximum Gasteiger partial charge on any atom is 0.263 e. The van der Waals surface area contributed by atoms with E-state index in [1.165, 1.54) is 0 Å². The number of rotatable bonds is 4. The molecule has 90 valence electrons. The van der Waals surface area contributed by atoms with Gasteiger partial charge in [0, 0.05) is 16.6 Å². The zero-order chi connectivity index (χ0) is 12.3. The Kier molecular flexibility index (Phi) is 3.95. The number of methoxy groups -OCH3 is 1. The van der Waals surface area contributed by atoms with Crippen LogP contribution >= 0.6 is 31.9 Å². The molecule has 0 aliphatic heterocycles. The first-order valence-electron chi connectivity index (χ1n) is 4.70.